The third kappa shape index (κ3) is 7.01. The average Bonchev–Trinajstić information content (AvgIpc) is 2.52. The Bertz CT molecular complexity index is 513. The molecule has 24 heavy (non-hydrogen) atoms. The first-order valence-electron chi connectivity index (χ1n) is 6.88. The smallest absolute Gasteiger partial charge is 0.394 e. The Morgan fingerprint density at radius 1 is 1.25 bits per heavy atom. The summed E-state index contributed by atoms with van der Waals surface area (Å²) in [4.78, 5) is 0. The summed E-state index contributed by atoms with van der Waals surface area (Å²) >= 11 is 2.33. The van der Waals surface area contributed by atoms with Gasteiger partial charge in [0.1, 0.15) is 34.9 Å². The molecule has 1 fully saturated rings. The van der Waals surface area contributed by atoms with Crippen molar-refractivity contribution >= 4 is 39.0 Å². The third-order valence-electron chi connectivity index (χ3n) is 3.07. The van der Waals surface area contributed by atoms with Gasteiger partial charge in [0.25, 0.3) is 0 Å². The van der Waals surface area contributed by atoms with E-state index in [4.69, 9.17) is 14.4 Å². The molecule has 0 spiro atoms. The molecule has 1 saturated heterocycles. The van der Waals surface area contributed by atoms with E-state index in [-0.39, 0.29) is 11.5 Å². The van der Waals surface area contributed by atoms with Gasteiger partial charge in [-0.1, -0.05) is 16.9 Å². The fourth-order valence-corrected chi connectivity index (χ4v) is 3.65. The van der Waals surface area contributed by atoms with Gasteiger partial charge in [-0.05, 0) is 18.4 Å². The van der Waals surface area contributed by atoms with Crippen LogP contribution in [0.2, 0.25) is 0 Å². The monoisotopic (exact) mass is 407 g/mol. The number of thioether (sulfide) groups is 2. The summed E-state index contributed by atoms with van der Waals surface area (Å²) in [5, 5.41) is 42.0. The summed E-state index contributed by atoms with van der Waals surface area (Å²) < 4.78 is 39.2. The Morgan fingerprint density at radius 2 is 1.92 bits per heavy atom. The minimum absolute atomic E-state index is 0.103. The predicted octanol–water partition coefficient (Wildman–Crippen LogP) is -1.20. The second kappa shape index (κ2) is 10.1. The predicted molar refractivity (Wildman–Crippen MR) is 89.0 cm³/mol. The van der Waals surface area contributed by atoms with Crippen LogP contribution < -0.4 is 0 Å². The molecular weight excluding hydrogens is 386 g/mol. The maximum atomic E-state index is 10.6. The van der Waals surface area contributed by atoms with Crippen LogP contribution in [0.5, 0.6) is 0 Å². The quantitative estimate of drug-likeness (QED) is 0.108. The van der Waals surface area contributed by atoms with Crippen molar-refractivity contribution in [1.82, 2.24) is 0 Å². The molecule has 0 radical (unpaired) electrons. The molecule has 0 aromatic heterocycles. The molecule has 0 amide bonds. The van der Waals surface area contributed by atoms with Gasteiger partial charge in [-0.25, -0.2) is 4.28 Å². The molecule has 5 atom stereocenters. The number of rotatable bonds is 8. The number of hydrogen-bond donors (Lipinski definition) is 5. The van der Waals surface area contributed by atoms with Gasteiger partial charge >= 0.3 is 10.4 Å². The largest absolute Gasteiger partial charge is 0.466 e. The van der Waals surface area contributed by atoms with Gasteiger partial charge in [0.15, 0.2) is 0 Å². The van der Waals surface area contributed by atoms with E-state index >= 15 is 0 Å². The van der Waals surface area contributed by atoms with Crippen LogP contribution in [-0.4, -0.2) is 86.9 Å². The van der Waals surface area contributed by atoms with E-state index < -0.39 is 46.9 Å². The second-order valence-electron chi connectivity index (χ2n) is 4.90. The van der Waals surface area contributed by atoms with Gasteiger partial charge in [0, 0.05) is 6.42 Å². The molecule has 5 N–H and O–H groups in total. The third-order valence-corrected chi connectivity index (χ3v) is 5.21. The van der Waals surface area contributed by atoms with E-state index in [2.05, 4.69) is 9.44 Å². The summed E-state index contributed by atoms with van der Waals surface area (Å²) in [6, 6.07) is 0. The van der Waals surface area contributed by atoms with Crippen molar-refractivity contribution in [2.75, 3.05) is 18.6 Å². The molecule has 0 aromatic rings. The summed E-state index contributed by atoms with van der Waals surface area (Å²) in [7, 11) is -4.78. The fourth-order valence-electron chi connectivity index (χ4n) is 1.88. The van der Waals surface area contributed by atoms with Crippen LogP contribution in [0.15, 0.2) is 5.16 Å². The van der Waals surface area contributed by atoms with Crippen molar-refractivity contribution in [3.05, 3.63) is 0 Å². The topological polar surface area (TPSA) is 166 Å². The lowest BCUT2D eigenvalue weighted by atomic mass is 10.0. The highest BCUT2D eigenvalue weighted by Gasteiger charge is 2.44. The number of hydrogen-bond acceptors (Lipinski definition) is 11. The molecule has 0 aliphatic carbocycles. The van der Waals surface area contributed by atoms with E-state index in [0.717, 1.165) is 17.5 Å². The second-order valence-corrected chi connectivity index (χ2v) is 8.06. The Labute approximate surface area is 148 Å². The van der Waals surface area contributed by atoms with E-state index in [1.807, 2.05) is 6.26 Å². The maximum Gasteiger partial charge on any atom is 0.466 e. The molecule has 1 aliphatic rings. The lowest BCUT2D eigenvalue weighted by Gasteiger charge is -2.39. The lowest BCUT2D eigenvalue weighted by Crippen LogP contribution is -2.57. The molecule has 0 aromatic carbocycles. The van der Waals surface area contributed by atoms with Crippen LogP contribution in [0.1, 0.15) is 12.8 Å². The highest BCUT2D eigenvalue weighted by molar-refractivity contribution is 8.14. The van der Waals surface area contributed by atoms with Crippen LogP contribution in [0, 0.1) is 0 Å². The minimum atomic E-state index is -4.78. The van der Waals surface area contributed by atoms with Crippen molar-refractivity contribution in [2.24, 2.45) is 5.16 Å². The van der Waals surface area contributed by atoms with Crippen LogP contribution in [-0.2, 0) is 19.4 Å². The molecule has 1 heterocycles. The van der Waals surface area contributed by atoms with Crippen molar-refractivity contribution < 1.29 is 42.4 Å². The molecule has 13 heteroatoms. The van der Waals surface area contributed by atoms with Crippen LogP contribution >= 0.6 is 23.5 Å². The molecule has 0 saturated carbocycles. The average molecular weight is 407 g/mol. The first-order valence-corrected chi connectivity index (χ1v) is 10.5. The van der Waals surface area contributed by atoms with Crippen molar-refractivity contribution in [3.8, 4) is 0 Å². The van der Waals surface area contributed by atoms with E-state index in [9.17, 15) is 23.7 Å². The van der Waals surface area contributed by atoms with Crippen LogP contribution in [0.25, 0.3) is 0 Å². The summed E-state index contributed by atoms with van der Waals surface area (Å²) in [6.07, 6.45) is -2.86. The highest BCUT2D eigenvalue weighted by Crippen LogP contribution is 2.30. The molecule has 142 valence electrons. The molecule has 10 nitrogen and oxygen atoms in total. The standard InChI is InChI=1S/C11H21NO9S3/c1-22-4-2-3-7(12-21-24(17,18)19)23-11-10(16)9(15)8(14)6(5-13)20-11/h6,8-11,13-16H,2-5H2,1H3,(H,17,18,19)/b12-7+/t6-,8-,9-,10+,11+/m0/s1. The molecule has 0 bridgehead atoms. The highest BCUT2D eigenvalue weighted by atomic mass is 32.3. The van der Waals surface area contributed by atoms with Crippen molar-refractivity contribution in [2.45, 2.75) is 42.7 Å². The Balaban J connectivity index is 2.82. The Morgan fingerprint density at radius 3 is 2.46 bits per heavy atom. The van der Waals surface area contributed by atoms with Gasteiger partial charge in [-0.2, -0.15) is 20.2 Å². The van der Waals surface area contributed by atoms with Crippen molar-refractivity contribution in [1.29, 1.82) is 0 Å². The van der Waals surface area contributed by atoms with Crippen LogP contribution in [0.4, 0.5) is 0 Å². The van der Waals surface area contributed by atoms with Gasteiger partial charge in [-0.15, -0.1) is 0 Å². The van der Waals surface area contributed by atoms with Gasteiger partial charge in [-0.3, -0.25) is 4.55 Å². The molecule has 0 unspecified atom stereocenters. The Hall–Kier alpha value is -0.120. The van der Waals surface area contributed by atoms with E-state index in [0.29, 0.717) is 6.42 Å². The molecular formula is C11H21NO9S3. The zero-order chi connectivity index (χ0) is 18.3. The van der Waals surface area contributed by atoms with Crippen LogP contribution in [0.3, 0.4) is 0 Å². The zero-order valence-corrected chi connectivity index (χ0v) is 15.2. The fraction of sp³-hybridized carbons (Fsp3) is 0.909. The molecule has 1 aliphatic heterocycles. The number of aliphatic hydroxyl groups is 4. The molecule has 1 rings (SSSR count). The SMILES string of the molecule is CSCCC/C(=N\OS(=O)(=O)O)S[C@H]1O[C@@H](CO)[C@H](O)[C@H](O)[C@H]1O. The summed E-state index contributed by atoms with van der Waals surface area (Å²) in [5.74, 6) is 0.750. The summed E-state index contributed by atoms with van der Waals surface area (Å²) in [6.45, 7) is -0.581. The lowest BCUT2D eigenvalue weighted by molar-refractivity contribution is -0.205. The zero-order valence-electron chi connectivity index (χ0n) is 12.8. The number of nitrogens with zero attached hydrogens (tertiary/aromatic N) is 1. The first-order chi connectivity index (χ1) is 11.2. The minimum Gasteiger partial charge on any atom is -0.394 e. The number of oxime groups is 1. The van der Waals surface area contributed by atoms with E-state index in [1.165, 1.54) is 0 Å². The Kier molecular flexibility index (Phi) is 9.25. The van der Waals surface area contributed by atoms with Gasteiger partial charge in [0.2, 0.25) is 0 Å². The van der Waals surface area contributed by atoms with Gasteiger partial charge in [0.05, 0.1) is 6.61 Å². The number of aliphatic hydroxyl groups excluding tert-OH is 4. The van der Waals surface area contributed by atoms with Crippen molar-refractivity contribution in [3.63, 3.8) is 0 Å². The summed E-state index contributed by atoms with van der Waals surface area (Å²) in [5.41, 5.74) is -1.11. The van der Waals surface area contributed by atoms with Gasteiger partial charge < -0.3 is 25.2 Å². The normalized spacial score (nSPS) is 31.9. The van der Waals surface area contributed by atoms with E-state index in [1.54, 1.807) is 11.8 Å². The maximum absolute atomic E-state index is 10.6. The first kappa shape index (κ1) is 21.9. The number of ether oxygens (including phenoxy) is 1.